The number of aliphatic carboxylic acids is 1. The van der Waals surface area contributed by atoms with E-state index in [2.05, 4.69) is 22.0 Å². The minimum atomic E-state index is -1.13. The topological polar surface area (TPSA) is 71.9 Å². The number of rotatable bonds is 13. The number of piperidine rings is 1. The number of likely N-dealkylation sites (tertiary alicyclic amines) is 1. The zero-order chi connectivity index (χ0) is 26.9. The normalized spacial score (nSPS) is 18.8. The Balaban J connectivity index is 1.29. The van der Waals surface area contributed by atoms with Crippen LogP contribution >= 0.6 is 11.8 Å². The molecule has 2 heterocycles. The van der Waals surface area contributed by atoms with Crippen molar-refractivity contribution in [3.05, 3.63) is 60.3 Å². The van der Waals surface area contributed by atoms with Crippen molar-refractivity contribution >= 4 is 28.6 Å². The van der Waals surface area contributed by atoms with Gasteiger partial charge in [-0.1, -0.05) is 0 Å². The van der Waals surface area contributed by atoms with Crippen LogP contribution in [0.1, 0.15) is 43.8 Å². The SMILES string of the molecule is COc1ccc(SCCCN2CC[C@@H](CC[C@@H](F)c3ccnc4ccc(OC)cc34)[C@@H](CC(=O)O)C2)cc1. The Morgan fingerprint density at radius 3 is 2.63 bits per heavy atom. The monoisotopic (exact) mass is 540 g/mol. The van der Waals surface area contributed by atoms with Gasteiger partial charge in [0.1, 0.15) is 17.7 Å². The molecule has 1 aliphatic heterocycles. The van der Waals surface area contributed by atoms with Crippen molar-refractivity contribution in [2.75, 3.05) is 39.6 Å². The molecule has 1 N–H and O–H groups in total. The molecule has 2 aromatic carbocycles. The number of hydrogen-bond donors (Lipinski definition) is 1. The van der Waals surface area contributed by atoms with Gasteiger partial charge >= 0.3 is 5.97 Å². The van der Waals surface area contributed by atoms with Crippen LogP contribution in [-0.4, -0.2) is 60.6 Å². The van der Waals surface area contributed by atoms with Crippen molar-refractivity contribution in [2.24, 2.45) is 11.8 Å². The van der Waals surface area contributed by atoms with Crippen LogP contribution in [0.3, 0.4) is 0 Å². The van der Waals surface area contributed by atoms with Crippen molar-refractivity contribution in [1.29, 1.82) is 0 Å². The van der Waals surface area contributed by atoms with Crippen LogP contribution in [0.4, 0.5) is 4.39 Å². The van der Waals surface area contributed by atoms with Crippen molar-refractivity contribution in [2.45, 2.75) is 43.2 Å². The average molecular weight is 541 g/mol. The summed E-state index contributed by atoms with van der Waals surface area (Å²) in [5.41, 5.74) is 1.36. The minimum absolute atomic E-state index is 0.0389. The first-order valence-electron chi connectivity index (χ1n) is 13.2. The van der Waals surface area contributed by atoms with Crippen LogP contribution in [0.5, 0.6) is 11.5 Å². The van der Waals surface area contributed by atoms with Crippen LogP contribution < -0.4 is 9.47 Å². The van der Waals surface area contributed by atoms with Gasteiger partial charge in [0, 0.05) is 29.4 Å². The maximum absolute atomic E-state index is 15.5. The lowest BCUT2D eigenvalue weighted by atomic mass is 9.79. The number of carboxylic acids is 1. The average Bonchev–Trinajstić information content (AvgIpc) is 2.94. The largest absolute Gasteiger partial charge is 0.497 e. The Labute approximate surface area is 228 Å². The van der Waals surface area contributed by atoms with Gasteiger partial charge in [0.25, 0.3) is 0 Å². The summed E-state index contributed by atoms with van der Waals surface area (Å²) in [7, 11) is 3.26. The highest BCUT2D eigenvalue weighted by molar-refractivity contribution is 7.99. The Morgan fingerprint density at radius 1 is 1.13 bits per heavy atom. The standard InChI is InChI=1S/C30H37FN2O4S/c1-36-23-5-8-25(9-6-23)38-17-3-15-33-16-13-21(22(20-33)18-30(34)35)4-10-28(31)26-12-14-32-29-11-7-24(37-2)19-27(26)29/h5-9,11-12,14,19,21-22,28H,3-4,10,13,15-18,20H2,1-2H3,(H,34,35)/t21-,22+,28-/m1/s1. The summed E-state index contributed by atoms with van der Waals surface area (Å²) in [6, 6.07) is 15.3. The third-order valence-corrected chi connectivity index (χ3v) is 8.57. The number of pyridine rings is 1. The molecule has 3 atom stereocenters. The van der Waals surface area contributed by atoms with E-state index in [0.29, 0.717) is 24.2 Å². The Kier molecular flexibility index (Phi) is 10.2. The highest BCUT2D eigenvalue weighted by Crippen LogP contribution is 2.36. The fourth-order valence-corrected chi connectivity index (χ4v) is 6.25. The molecule has 0 spiro atoms. The summed E-state index contributed by atoms with van der Waals surface area (Å²) in [5.74, 6) is 2.00. The van der Waals surface area contributed by atoms with Crippen LogP contribution in [0.25, 0.3) is 10.9 Å². The van der Waals surface area contributed by atoms with Crippen molar-refractivity contribution in [3.8, 4) is 11.5 Å². The molecular formula is C30H37FN2O4S. The number of methoxy groups -OCH3 is 2. The first-order valence-corrected chi connectivity index (χ1v) is 14.2. The summed E-state index contributed by atoms with van der Waals surface area (Å²) in [6.45, 7) is 2.64. The predicted octanol–water partition coefficient (Wildman–Crippen LogP) is 6.64. The van der Waals surface area contributed by atoms with Crippen molar-refractivity contribution in [1.82, 2.24) is 9.88 Å². The lowest BCUT2D eigenvalue weighted by Gasteiger charge is -2.38. The first kappa shape index (κ1) is 28.2. The molecule has 0 unspecified atom stereocenters. The number of thioether (sulfide) groups is 1. The Bertz CT molecular complexity index is 1190. The van der Waals surface area contributed by atoms with E-state index in [-0.39, 0.29) is 18.3 Å². The lowest BCUT2D eigenvalue weighted by Crippen LogP contribution is -2.42. The van der Waals surface area contributed by atoms with Crippen LogP contribution in [0.2, 0.25) is 0 Å². The van der Waals surface area contributed by atoms with Crippen LogP contribution in [0.15, 0.2) is 59.6 Å². The Morgan fingerprint density at radius 2 is 1.89 bits per heavy atom. The smallest absolute Gasteiger partial charge is 0.303 e. The van der Waals surface area contributed by atoms with E-state index >= 15 is 4.39 Å². The van der Waals surface area contributed by atoms with E-state index in [1.54, 1.807) is 26.5 Å². The molecule has 0 saturated carbocycles. The molecule has 1 aromatic heterocycles. The van der Waals surface area contributed by atoms with Gasteiger partial charge in [0.05, 0.1) is 19.7 Å². The highest BCUT2D eigenvalue weighted by atomic mass is 32.2. The molecule has 3 aromatic rings. The summed E-state index contributed by atoms with van der Waals surface area (Å²) < 4.78 is 26.0. The quantitative estimate of drug-likeness (QED) is 0.193. The fraction of sp³-hybridized carbons (Fsp3) is 0.467. The van der Waals surface area contributed by atoms with E-state index in [9.17, 15) is 9.90 Å². The van der Waals surface area contributed by atoms with Crippen molar-refractivity contribution < 1.29 is 23.8 Å². The second kappa shape index (κ2) is 13.8. The molecule has 204 valence electrons. The predicted molar refractivity (Wildman–Crippen MR) is 150 cm³/mol. The molecule has 0 bridgehead atoms. The number of fused-ring (bicyclic) bond motifs is 1. The molecule has 38 heavy (non-hydrogen) atoms. The molecule has 0 amide bonds. The van der Waals surface area contributed by atoms with Gasteiger partial charge in [-0.2, -0.15) is 0 Å². The van der Waals surface area contributed by atoms with E-state index in [4.69, 9.17) is 9.47 Å². The number of halogens is 1. The summed E-state index contributed by atoms with van der Waals surface area (Å²) in [4.78, 5) is 19.6. The van der Waals surface area contributed by atoms with Gasteiger partial charge in [-0.15, -0.1) is 11.8 Å². The van der Waals surface area contributed by atoms with Gasteiger partial charge in [-0.3, -0.25) is 9.78 Å². The van der Waals surface area contributed by atoms with Gasteiger partial charge in [-0.25, -0.2) is 4.39 Å². The maximum Gasteiger partial charge on any atom is 0.303 e. The molecule has 6 nitrogen and oxygen atoms in total. The number of carboxylic acid groups (broad SMARTS) is 1. The van der Waals surface area contributed by atoms with Gasteiger partial charge < -0.3 is 19.5 Å². The number of carbonyl (C=O) groups is 1. The molecule has 4 rings (SSSR count). The molecule has 1 saturated heterocycles. The van der Waals surface area contributed by atoms with E-state index in [1.807, 2.05) is 42.1 Å². The number of benzene rings is 2. The summed E-state index contributed by atoms with van der Waals surface area (Å²) >= 11 is 1.82. The summed E-state index contributed by atoms with van der Waals surface area (Å²) in [5, 5.41) is 10.3. The van der Waals surface area contributed by atoms with E-state index < -0.39 is 12.1 Å². The second-order valence-corrected chi connectivity index (χ2v) is 11.1. The zero-order valence-corrected chi connectivity index (χ0v) is 23.0. The molecule has 1 fully saturated rings. The third kappa shape index (κ3) is 7.60. The molecular weight excluding hydrogens is 503 g/mol. The number of alkyl halides is 1. The minimum Gasteiger partial charge on any atom is -0.497 e. The summed E-state index contributed by atoms with van der Waals surface area (Å²) in [6.07, 6.45) is 3.63. The van der Waals surface area contributed by atoms with Crippen LogP contribution in [0, 0.1) is 11.8 Å². The lowest BCUT2D eigenvalue weighted by molar-refractivity contribution is -0.139. The number of hydrogen-bond acceptors (Lipinski definition) is 6. The first-order chi connectivity index (χ1) is 18.5. The maximum atomic E-state index is 15.5. The van der Waals surface area contributed by atoms with Crippen molar-refractivity contribution in [3.63, 3.8) is 0 Å². The van der Waals surface area contributed by atoms with Gasteiger partial charge in [-0.05, 0) is 110 Å². The number of ether oxygens (including phenoxy) is 2. The molecule has 0 aliphatic carbocycles. The molecule has 1 aliphatic rings. The van der Waals surface area contributed by atoms with E-state index in [1.165, 1.54) is 4.90 Å². The third-order valence-electron chi connectivity index (χ3n) is 7.47. The molecule has 0 radical (unpaired) electrons. The zero-order valence-electron chi connectivity index (χ0n) is 22.1. The molecule has 8 heteroatoms. The Hall–Kier alpha value is -2.84. The number of nitrogens with zero attached hydrogens (tertiary/aromatic N) is 2. The highest BCUT2D eigenvalue weighted by Gasteiger charge is 2.31. The van der Waals surface area contributed by atoms with Gasteiger partial charge in [0.15, 0.2) is 0 Å². The van der Waals surface area contributed by atoms with Gasteiger partial charge in [0.2, 0.25) is 0 Å². The number of aromatic nitrogens is 1. The van der Waals surface area contributed by atoms with E-state index in [0.717, 1.165) is 54.9 Å². The van der Waals surface area contributed by atoms with Crippen LogP contribution in [-0.2, 0) is 4.79 Å². The second-order valence-electron chi connectivity index (χ2n) is 9.91. The fourth-order valence-electron chi connectivity index (χ4n) is 5.41.